The van der Waals surface area contributed by atoms with Crippen LogP contribution in [0, 0.1) is 0 Å². The predicted octanol–water partition coefficient (Wildman–Crippen LogP) is 4.61. The van der Waals surface area contributed by atoms with E-state index in [1.54, 1.807) is 7.11 Å². The predicted molar refractivity (Wildman–Crippen MR) is 101 cm³/mol. The van der Waals surface area contributed by atoms with Crippen molar-refractivity contribution in [2.24, 2.45) is 0 Å². The molecule has 2 aromatic rings. The number of carbonyl (C=O) groups excluding carboxylic acids is 1. The Bertz CT molecular complexity index is 700. The maximum Gasteiger partial charge on any atom is 0.305 e. The molecule has 1 aromatic carbocycles. The van der Waals surface area contributed by atoms with Crippen LogP contribution in [-0.4, -0.2) is 32.2 Å². The number of benzene rings is 1. The average Bonchev–Trinajstić information content (AvgIpc) is 2.91. The number of methoxy groups -OCH3 is 1. The molecule has 132 valence electrons. The van der Waals surface area contributed by atoms with E-state index in [9.17, 15) is 4.79 Å². The molecule has 5 heteroatoms. The molecule has 0 saturated heterocycles. The number of unbranched alkanes of at least 4 members (excludes halogenated alkanes) is 1. The summed E-state index contributed by atoms with van der Waals surface area (Å²) in [5.74, 6) is 0.764. The van der Waals surface area contributed by atoms with Crippen molar-refractivity contribution in [3.05, 3.63) is 30.0 Å². The van der Waals surface area contributed by atoms with Crippen molar-refractivity contribution >= 4 is 25.1 Å². The summed E-state index contributed by atoms with van der Waals surface area (Å²) in [6.45, 7) is 9.48. The molecule has 4 nitrogen and oxygen atoms in total. The summed E-state index contributed by atoms with van der Waals surface area (Å²) in [6, 6.07) is 6.22. The smallest absolute Gasteiger partial charge is 0.305 e. The fraction of sp³-hybridized carbons (Fsp3) is 0.526. The van der Waals surface area contributed by atoms with Gasteiger partial charge in [-0.15, -0.1) is 0 Å². The van der Waals surface area contributed by atoms with Crippen molar-refractivity contribution in [2.45, 2.75) is 52.2 Å². The Balaban J connectivity index is 2.21. The fourth-order valence-corrected chi connectivity index (χ4v) is 4.29. The molecule has 0 bridgehead atoms. The Morgan fingerprint density at radius 1 is 1.25 bits per heavy atom. The van der Waals surface area contributed by atoms with Gasteiger partial charge >= 0.3 is 5.97 Å². The molecule has 2 rings (SSSR count). The van der Waals surface area contributed by atoms with E-state index in [4.69, 9.17) is 9.47 Å². The van der Waals surface area contributed by atoms with Gasteiger partial charge in [-0.25, -0.2) is 0 Å². The molecule has 0 N–H and O–H groups in total. The Kier molecular flexibility index (Phi) is 6.10. The van der Waals surface area contributed by atoms with E-state index in [0.717, 1.165) is 25.0 Å². The molecular formula is C19H29NO3Si. The van der Waals surface area contributed by atoms with Crippen LogP contribution in [0.15, 0.2) is 24.4 Å². The maximum absolute atomic E-state index is 11.7. The Labute approximate surface area is 145 Å². The topological polar surface area (TPSA) is 40.5 Å². The summed E-state index contributed by atoms with van der Waals surface area (Å²) >= 11 is 0. The van der Waals surface area contributed by atoms with E-state index in [1.165, 1.54) is 16.5 Å². The van der Waals surface area contributed by atoms with Crippen molar-refractivity contribution in [1.29, 1.82) is 0 Å². The SMILES string of the molecule is CCCCC(=O)OCCc1cn([Si](C)(C)C)c2ccc(OC)cc12. The molecule has 0 aliphatic heterocycles. The van der Waals surface area contributed by atoms with Gasteiger partial charge < -0.3 is 13.7 Å². The first-order valence-electron chi connectivity index (χ1n) is 8.71. The molecule has 0 fully saturated rings. The Hall–Kier alpha value is -1.75. The third-order valence-electron chi connectivity index (χ3n) is 4.19. The van der Waals surface area contributed by atoms with E-state index in [-0.39, 0.29) is 5.97 Å². The highest BCUT2D eigenvalue weighted by Crippen LogP contribution is 2.29. The zero-order valence-corrected chi connectivity index (χ0v) is 16.5. The number of fused-ring (bicyclic) bond motifs is 1. The van der Waals surface area contributed by atoms with Gasteiger partial charge in [0.2, 0.25) is 0 Å². The van der Waals surface area contributed by atoms with E-state index < -0.39 is 8.24 Å². The van der Waals surface area contributed by atoms with Gasteiger partial charge in [-0.2, -0.15) is 0 Å². The largest absolute Gasteiger partial charge is 0.497 e. The summed E-state index contributed by atoms with van der Waals surface area (Å²) in [6.07, 6.45) is 5.39. The second-order valence-electron chi connectivity index (χ2n) is 7.15. The highest BCUT2D eigenvalue weighted by molar-refractivity contribution is 6.75. The molecule has 1 heterocycles. The molecule has 0 amide bonds. The molecule has 0 saturated carbocycles. The first-order chi connectivity index (χ1) is 11.4. The van der Waals surface area contributed by atoms with E-state index in [0.29, 0.717) is 13.0 Å². The standard InChI is InChI=1S/C19H29NO3Si/c1-6-7-8-19(21)23-12-11-15-14-20(24(3,4)5)18-10-9-16(22-2)13-17(15)18/h9-10,13-14H,6-8,11-12H2,1-5H3. The van der Waals surface area contributed by atoms with Gasteiger partial charge in [0.1, 0.15) is 5.75 Å². The second kappa shape index (κ2) is 7.88. The number of carbonyl (C=O) groups is 1. The highest BCUT2D eigenvalue weighted by Gasteiger charge is 2.21. The lowest BCUT2D eigenvalue weighted by atomic mass is 10.1. The number of ether oxygens (including phenoxy) is 2. The van der Waals surface area contributed by atoms with Crippen molar-refractivity contribution in [3.8, 4) is 5.75 Å². The molecule has 0 spiro atoms. The molecule has 0 atom stereocenters. The Morgan fingerprint density at radius 2 is 2.00 bits per heavy atom. The molecule has 0 radical (unpaired) electrons. The monoisotopic (exact) mass is 347 g/mol. The van der Waals surface area contributed by atoms with Crippen molar-refractivity contribution in [1.82, 2.24) is 4.23 Å². The van der Waals surface area contributed by atoms with Crippen molar-refractivity contribution < 1.29 is 14.3 Å². The van der Waals surface area contributed by atoms with Crippen LogP contribution in [0.5, 0.6) is 5.75 Å². The van der Waals surface area contributed by atoms with E-state index in [2.05, 4.69) is 49.1 Å². The van der Waals surface area contributed by atoms with Crippen LogP contribution in [0.3, 0.4) is 0 Å². The summed E-state index contributed by atoms with van der Waals surface area (Å²) in [4.78, 5) is 11.7. The lowest BCUT2D eigenvalue weighted by molar-refractivity contribution is -0.143. The zero-order chi connectivity index (χ0) is 17.7. The third-order valence-corrected chi connectivity index (χ3v) is 6.00. The van der Waals surface area contributed by atoms with Crippen LogP contribution >= 0.6 is 0 Å². The van der Waals surface area contributed by atoms with Gasteiger partial charge in [0, 0.05) is 23.7 Å². The summed E-state index contributed by atoms with van der Waals surface area (Å²) in [7, 11) is 0.171. The minimum Gasteiger partial charge on any atom is -0.497 e. The molecule has 0 aliphatic rings. The van der Waals surface area contributed by atoms with Crippen LogP contribution in [0.4, 0.5) is 0 Å². The zero-order valence-electron chi connectivity index (χ0n) is 15.5. The molecule has 0 unspecified atom stereocenters. The molecule has 0 aliphatic carbocycles. The van der Waals surface area contributed by atoms with Crippen molar-refractivity contribution in [3.63, 3.8) is 0 Å². The van der Waals surface area contributed by atoms with Gasteiger partial charge in [-0.05, 0) is 36.4 Å². The lowest BCUT2D eigenvalue weighted by Crippen LogP contribution is -2.31. The molecular weight excluding hydrogens is 318 g/mol. The van der Waals surface area contributed by atoms with Gasteiger partial charge in [0.05, 0.1) is 13.7 Å². The average molecular weight is 348 g/mol. The first-order valence-corrected chi connectivity index (χ1v) is 12.2. The summed E-state index contributed by atoms with van der Waals surface area (Å²) in [5.41, 5.74) is 2.46. The number of hydrogen-bond donors (Lipinski definition) is 0. The number of rotatable bonds is 8. The summed E-state index contributed by atoms with van der Waals surface area (Å²) < 4.78 is 13.2. The maximum atomic E-state index is 11.7. The van der Waals surface area contributed by atoms with Gasteiger partial charge in [0.15, 0.2) is 8.24 Å². The number of hydrogen-bond acceptors (Lipinski definition) is 3. The normalized spacial score (nSPS) is 11.7. The van der Waals surface area contributed by atoms with Crippen LogP contribution < -0.4 is 4.74 Å². The minimum atomic E-state index is -1.52. The first kappa shape index (κ1) is 18.6. The number of aromatic nitrogens is 1. The number of nitrogens with zero attached hydrogens (tertiary/aromatic N) is 1. The highest BCUT2D eigenvalue weighted by atomic mass is 28.3. The number of esters is 1. The van der Waals surface area contributed by atoms with Crippen LogP contribution in [0.25, 0.3) is 10.9 Å². The summed E-state index contributed by atoms with van der Waals surface area (Å²) in [5, 5.41) is 1.20. The van der Waals surface area contributed by atoms with E-state index >= 15 is 0 Å². The lowest BCUT2D eigenvalue weighted by Gasteiger charge is -2.20. The quantitative estimate of drug-likeness (QED) is 0.517. The second-order valence-corrected chi connectivity index (χ2v) is 12.0. The van der Waals surface area contributed by atoms with Crippen LogP contribution in [-0.2, 0) is 16.0 Å². The minimum absolute atomic E-state index is 0.0941. The van der Waals surface area contributed by atoms with E-state index in [1.807, 2.05) is 6.07 Å². The van der Waals surface area contributed by atoms with Gasteiger partial charge in [-0.3, -0.25) is 4.79 Å². The van der Waals surface area contributed by atoms with Gasteiger partial charge in [0.25, 0.3) is 0 Å². The van der Waals surface area contributed by atoms with Gasteiger partial charge in [-0.1, -0.05) is 33.0 Å². The van der Waals surface area contributed by atoms with Crippen LogP contribution in [0.2, 0.25) is 19.6 Å². The molecule has 1 aromatic heterocycles. The Morgan fingerprint density at radius 3 is 2.62 bits per heavy atom. The fourth-order valence-electron chi connectivity index (χ4n) is 2.83. The molecule has 24 heavy (non-hydrogen) atoms. The van der Waals surface area contributed by atoms with Crippen molar-refractivity contribution in [2.75, 3.05) is 13.7 Å². The van der Waals surface area contributed by atoms with Crippen LogP contribution in [0.1, 0.15) is 31.7 Å². The third kappa shape index (κ3) is 4.41.